The van der Waals surface area contributed by atoms with E-state index in [9.17, 15) is 14.4 Å². The van der Waals surface area contributed by atoms with Gasteiger partial charge in [-0.3, -0.25) is 9.59 Å². The molecule has 0 aliphatic heterocycles. The van der Waals surface area contributed by atoms with Gasteiger partial charge in [0.25, 0.3) is 11.8 Å². The van der Waals surface area contributed by atoms with Gasteiger partial charge in [0.05, 0.1) is 17.5 Å². The first-order valence-electron chi connectivity index (χ1n) is 8.29. The van der Waals surface area contributed by atoms with Gasteiger partial charge in [0.2, 0.25) is 0 Å². The van der Waals surface area contributed by atoms with Crippen LogP contribution in [0.2, 0.25) is 0 Å². The molecule has 2 aromatic rings. The van der Waals surface area contributed by atoms with Crippen LogP contribution < -0.4 is 10.6 Å². The smallest absolute Gasteiger partial charge is 0.340 e. The van der Waals surface area contributed by atoms with Gasteiger partial charge in [-0.25, -0.2) is 4.79 Å². The number of hydrogen-bond donors (Lipinski definition) is 2. The third-order valence-electron chi connectivity index (χ3n) is 3.86. The number of esters is 1. The first-order valence-corrected chi connectivity index (χ1v) is 8.29. The van der Waals surface area contributed by atoms with E-state index in [1.807, 2.05) is 20.8 Å². The van der Waals surface area contributed by atoms with Gasteiger partial charge in [0.1, 0.15) is 0 Å². The van der Waals surface area contributed by atoms with Crippen molar-refractivity contribution >= 4 is 23.5 Å². The van der Waals surface area contributed by atoms with E-state index in [-0.39, 0.29) is 34.9 Å². The fourth-order valence-corrected chi connectivity index (χ4v) is 2.03. The van der Waals surface area contributed by atoms with Crippen LogP contribution in [0.4, 0.5) is 5.69 Å². The molecule has 7 heteroatoms. The fourth-order valence-electron chi connectivity index (χ4n) is 2.03. The number of carbonyl (C=O) groups is 3. The highest BCUT2D eigenvalue weighted by Gasteiger charge is 2.18. The minimum absolute atomic E-state index is 0.0268. The molecule has 1 atom stereocenters. The van der Waals surface area contributed by atoms with Gasteiger partial charge in [0, 0.05) is 6.04 Å². The molecule has 0 fully saturated rings. The minimum Gasteiger partial charge on any atom is -0.459 e. The van der Waals surface area contributed by atoms with Crippen LogP contribution in [0.1, 0.15) is 41.7 Å². The van der Waals surface area contributed by atoms with Crippen molar-refractivity contribution in [2.45, 2.75) is 26.8 Å². The van der Waals surface area contributed by atoms with Gasteiger partial charge in [-0.1, -0.05) is 26.0 Å². The van der Waals surface area contributed by atoms with Gasteiger partial charge in [-0.2, -0.15) is 0 Å². The molecule has 2 amide bonds. The minimum atomic E-state index is -0.701. The predicted molar refractivity (Wildman–Crippen MR) is 95.8 cm³/mol. The molecule has 0 saturated carbocycles. The lowest BCUT2D eigenvalue weighted by atomic mass is 10.1. The molecule has 0 unspecified atom stereocenters. The number of benzene rings is 1. The Hall–Kier alpha value is -3.09. The second-order valence-corrected chi connectivity index (χ2v) is 6.15. The lowest BCUT2D eigenvalue weighted by Gasteiger charge is -2.17. The Morgan fingerprint density at radius 3 is 2.46 bits per heavy atom. The lowest BCUT2D eigenvalue weighted by Crippen LogP contribution is -2.38. The molecule has 7 nitrogen and oxygen atoms in total. The van der Waals surface area contributed by atoms with Crippen molar-refractivity contribution in [2.24, 2.45) is 5.92 Å². The van der Waals surface area contributed by atoms with Gasteiger partial charge in [0.15, 0.2) is 12.4 Å². The molecule has 26 heavy (non-hydrogen) atoms. The quantitative estimate of drug-likeness (QED) is 0.742. The predicted octanol–water partition coefficient (Wildman–Crippen LogP) is 2.85. The third-order valence-corrected chi connectivity index (χ3v) is 3.86. The lowest BCUT2D eigenvalue weighted by molar-refractivity contribution is -0.125. The van der Waals surface area contributed by atoms with Crippen LogP contribution >= 0.6 is 0 Å². The molecular weight excluding hydrogens is 336 g/mol. The van der Waals surface area contributed by atoms with E-state index in [0.717, 1.165) is 0 Å². The summed E-state index contributed by atoms with van der Waals surface area (Å²) < 4.78 is 10.1. The number of para-hydroxylation sites is 1. The Kier molecular flexibility index (Phi) is 6.54. The molecular formula is C19H22N2O5. The SMILES string of the molecule is CC(C)[C@H](C)NC(=O)COC(=O)c1ccccc1NC(=O)c1ccco1. The average molecular weight is 358 g/mol. The van der Waals surface area contributed by atoms with Crippen molar-refractivity contribution in [1.82, 2.24) is 5.32 Å². The zero-order valence-electron chi connectivity index (χ0n) is 14.9. The molecule has 0 saturated heterocycles. The van der Waals surface area contributed by atoms with Crippen molar-refractivity contribution in [3.63, 3.8) is 0 Å². The molecule has 2 rings (SSSR count). The number of furan rings is 1. The van der Waals surface area contributed by atoms with E-state index in [0.29, 0.717) is 0 Å². The van der Waals surface area contributed by atoms with E-state index < -0.39 is 18.5 Å². The fraction of sp³-hybridized carbons (Fsp3) is 0.316. The summed E-state index contributed by atoms with van der Waals surface area (Å²) in [5.74, 6) is -1.18. The van der Waals surface area contributed by atoms with Crippen LogP contribution in [0, 0.1) is 5.92 Å². The largest absolute Gasteiger partial charge is 0.459 e. The van der Waals surface area contributed by atoms with E-state index in [2.05, 4.69) is 10.6 Å². The zero-order valence-corrected chi connectivity index (χ0v) is 14.9. The monoisotopic (exact) mass is 358 g/mol. The van der Waals surface area contributed by atoms with E-state index in [1.165, 1.54) is 18.4 Å². The summed E-state index contributed by atoms with van der Waals surface area (Å²) in [6.07, 6.45) is 1.38. The average Bonchev–Trinajstić information content (AvgIpc) is 3.14. The Morgan fingerprint density at radius 2 is 1.81 bits per heavy atom. The molecule has 138 valence electrons. The van der Waals surface area contributed by atoms with Crippen LogP contribution in [-0.4, -0.2) is 30.4 Å². The Bertz CT molecular complexity index is 768. The second kappa shape index (κ2) is 8.84. The van der Waals surface area contributed by atoms with E-state index in [4.69, 9.17) is 9.15 Å². The summed E-state index contributed by atoms with van der Waals surface area (Å²) in [6, 6.07) is 9.46. The first kappa shape index (κ1) is 19.2. The van der Waals surface area contributed by atoms with Crippen molar-refractivity contribution in [2.75, 3.05) is 11.9 Å². The molecule has 0 radical (unpaired) electrons. The Balaban J connectivity index is 1.99. The summed E-state index contributed by atoms with van der Waals surface area (Å²) in [7, 11) is 0. The number of amides is 2. The second-order valence-electron chi connectivity index (χ2n) is 6.15. The summed E-state index contributed by atoms with van der Waals surface area (Å²) >= 11 is 0. The van der Waals surface area contributed by atoms with E-state index >= 15 is 0 Å². The maximum atomic E-state index is 12.3. The standard InChI is InChI=1S/C19H22N2O5/c1-12(2)13(3)20-17(22)11-26-19(24)14-7-4-5-8-15(14)21-18(23)16-9-6-10-25-16/h4-10,12-13H,11H2,1-3H3,(H,20,22)(H,21,23)/t13-/m0/s1. The van der Waals surface area contributed by atoms with Crippen molar-refractivity contribution < 1.29 is 23.5 Å². The normalized spacial score (nSPS) is 11.7. The number of anilines is 1. The van der Waals surface area contributed by atoms with Crippen molar-refractivity contribution in [3.05, 3.63) is 54.0 Å². The number of nitrogens with one attached hydrogen (secondary N) is 2. The summed E-state index contributed by atoms with van der Waals surface area (Å²) in [4.78, 5) is 36.2. The van der Waals surface area contributed by atoms with Crippen LogP contribution in [0.5, 0.6) is 0 Å². The molecule has 1 aromatic carbocycles. The van der Waals surface area contributed by atoms with Crippen LogP contribution in [0.25, 0.3) is 0 Å². The Labute approximate surface area is 151 Å². The molecule has 0 aliphatic carbocycles. The third kappa shape index (κ3) is 5.20. The Morgan fingerprint density at radius 1 is 1.08 bits per heavy atom. The molecule has 1 heterocycles. The van der Waals surface area contributed by atoms with Crippen molar-refractivity contribution in [3.8, 4) is 0 Å². The van der Waals surface area contributed by atoms with Gasteiger partial charge < -0.3 is 19.8 Å². The maximum absolute atomic E-state index is 12.3. The van der Waals surface area contributed by atoms with Crippen LogP contribution in [0.15, 0.2) is 47.1 Å². The van der Waals surface area contributed by atoms with Crippen molar-refractivity contribution in [1.29, 1.82) is 0 Å². The molecule has 0 bridgehead atoms. The summed E-state index contributed by atoms with van der Waals surface area (Å²) in [5, 5.41) is 5.35. The highest BCUT2D eigenvalue weighted by Crippen LogP contribution is 2.17. The van der Waals surface area contributed by atoms with Gasteiger partial charge in [-0.05, 0) is 37.1 Å². The topological polar surface area (TPSA) is 97.6 Å². The number of rotatable bonds is 7. The highest BCUT2D eigenvalue weighted by atomic mass is 16.5. The van der Waals surface area contributed by atoms with Gasteiger partial charge >= 0.3 is 5.97 Å². The summed E-state index contributed by atoms with van der Waals surface area (Å²) in [6.45, 7) is 5.45. The molecule has 0 aliphatic rings. The molecule has 1 aromatic heterocycles. The van der Waals surface area contributed by atoms with Crippen LogP contribution in [-0.2, 0) is 9.53 Å². The maximum Gasteiger partial charge on any atom is 0.340 e. The van der Waals surface area contributed by atoms with E-state index in [1.54, 1.807) is 24.3 Å². The van der Waals surface area contributed by atoms with Crippen LogP contribution in [0.3, 0.4) is 0 Å². The number of carbonyl (C=O) groups excluding carboxylic acids is 3. The number of ether oxygens (including phenoxy) is 1. The number of hydrogen-bond acceptors (Lipinski definition) is 5. The highest BCUT2D eigenvalue weighted by molar-refractivity contribution is 6.06. The molecule has 0 spiro atoms. The van der Waals surface area contributed by atoms with Gasteiger partial charge in [-0.15, -0.1) is 0 Å². The zero-order chi connectivity index (χ0) is 19.1. The summed E-state index contributed by atoms with van der Waals surface area (Å²) in [5.41, 5.74) is 0.423. The molecule has 2 N–H and O–H groups in total. The first-order chi connectivity index (χ1) is 12.4.